The van der Waals surface area contributed by atoms with Crippen LogP contribution in [0.4, 0.5) is 5.69 Å². The molecule has 0 spiro atoms. The van der Waals surface area contributed by atoms with Crippen LogP contribution in [0.1, 0.15) is 18.1 Å². The summed E-state index contributed by atoms with van der Waals surface area (Å²) < 4.78 is 0. The first-order valence-electron chi connectivity index (χ1n) is 4.51. The van der Waals surface area contributed by atoms with Crippen LogP contribution >= 0.6 is 0 Å². The first kappa shape index (κ1) is 7.66. The lowest BCUT2D eigenvalue weighted by Crippen LogP contribution is -2.23. The number of aryl methyl sites for hydroxylation is 1. The number of anilines is 1. The Morgan fingerprint density at radius 2 is 2.17 bits per heavy atom. The smallest absolute Gasteiger partial charge is 0.0399 e. The molecule has 1 nitrogen and oxygen atoms in total. The predicted molar refractivity (Wildman–Crippen MR) is 52.7 cm³/mol. The maximum Gasteiger partial charge on any atom is 0.0399 e. The van der Waals surface area contributed by atoms with Crippen molar-refractivity contribution in [2.24, 2.45) is 0 Å². The Bertz CT molecular complexity index is 304. The zero-order valence-corrected chi connectivity index (χ0v) is 7.96. The highest BCUT2D eigenvalue weighted by Crippen LogP contribution is 2.30. The third kappa shape index (κ3) is 1.01. The van der Waals surface area contributed by atoms with Crippen molar-refractivity contribution >= 4 is 5.69 Å². The molecular formula is C11H15N. The number of rotatable bonds is 0. The number of hydrogen-bond acceptors (Lipinski definition) is 1. The third-order valence-electron chi connectivity index (χ3n) is 2.79. The lowest BCUT2D eigenvalue weighted by molar-refractivity contribution is 0.732. The van der Waals surface area contributed by atoms with Gasteiger partial charge < -0.3 is 4.90 Å². The van der Waals surface area contributed by atoms with E-state index in [1.807, 2.05) is 0 Å². The quantitative estimate of drug-likeness (QED) is 0.564. The molecular weight excluding hydrogens is 146 g/mol. The van der Waals surface area contributed by atoms with Gasteiger partial charge in [-0.25, -0.2) is 0 Å². The molecule has 0 N–H and O–H groups in total. The summed E-state index contributed by atoms with van der Waals surface area (Å²) in [6.45, 7) is 4.43. The minimum atomic E-state index is 0.668. The fourth-order valence-electron chi connectivity index (χ4n) is 1.91. The SMILES string of the molecule is Cc1ccc2c(c1)CC(C)N2C. The Kier molecular flexibility index (Phi) is 1.60. The van der Waals surface area contributed by atoms with Crippen LogP contribution in [-0.4, -0.2) is 13.1 Å². The summed E-state index contributed by atoms with van der Waals surface area (Å²) in [7, 11) is 2.17. The van der Waals surface area contributed by atoms with Gasteiger partial charge in [-0.05, 0) is 31.9 Å². The normalized spacial score (nSPS) is 21.2. The predicted octanol–water partition coefficient (Wildman–Crippen LogP) is 2.38. The van der Waals surface area contributed by atoms with Crippen LogP contribution in [0.5, 0.6) is 0 Å². The van der Waals surface area contributed by atoms with Crippen molar-refractivity contribution in [1.29, 1.82) is 0 Å². The summed E-state index contributed by atoms with van der Waals surface area (Å²) in [6.07, 6.45) is 1.20. The van der Waals surface area contributed by atoms with Crippen molar-refractivity contribution in [2.75, 3.05) is 11.9 Å². The molecule has 0 fully saturated rings. The highest BCUT2D eigenvalue weighted by Gasteiger charge is 2.21. The molecule has 0 bridgehead atoms. The molecule has 1 aliphatic heterocycles. The molecule has 1 aliphatic rings. The summed E-state index contributed by atoms with van der Waals surface area (Å²) in [5.74, 6) is 0. The Hall–Kier alpha value is -0.980. The lowest BCUT2D eigenvalue weighted by atomic mass is 10.1. The molecule has 1 heterocycles. The zero-order valence-electron chi connectivity index (χ0n) is 7.96. The van der Waals surface area contributed by atoms with E-state index in [1.54, 1.807) is 0 Å². The maximum absolute atomic E-state index is 2.36. The molecule has 2 rings (SSSR count). The molecule has 0 saturated heterocycles. The van der Waals surface area contributed by atoms with Gasteiger partial charge >= 0.3 is 0 Å². The topological polar surface area (TPSA) is 3.24 Å². The van der Waals surface area contributed by atoms with Gasteiger partial charge in [0.05, 0.1) is 0 Å². The second-order valence-electron chi connectivity index (χ2n) is 3.80. The summed E-state index contributed by atoms with van der Waals surface area (Å²) in [4.78, 5) is 2.36. The van der Waals surface area contributed by atoms with Gasteiger partial charge in [-0.15, -0.1) is 0 Å². The van der Waals surface area contributed by atoms with Crippen LogP contribution in [0, 0.1) is 6.92 Å². The number of benzene rings is 1. The van der Waals surface area contributed by atoms with Gasteiger partial charge in [0, 0.05) is 18.8 Å². The number of likely N-dealkylation sites (N-methyl/N-ethyl adjacent to an activating group) is 1. The van der Waals surface area contributed by atoms with Crippen molar-refractivity contribution in [1.82, 2.24) is 0 Å². The van der Waals surface area contributed by atoms with E-state index in [0.29, 0.717) is 6.04 Å². The van der Waals surface area contributed by atoms with Crippen LogP contribution in [0.3, 0.4) is 0 Å². The van der Waals surface area contributed by atoms with Gasteiger partial charge in [0.25, 0.3) is 0 Å². The molecule has 12 heavy (non-hydrogen) atoms. The van der Waals surface area contributed by atoms with E-state index in [4.69, 9.17) is 0 Å². The molecule has 1 aromatic carbocycles. The largest absolute Gasteiger partial charge is 0.371 e. The average molecular weight is 161 g/mol. The van der Waals surface area contributed by atoms with E-state index in [-0.39, 0.29) is 0 Å². The monoisotopic (exact) mass is 161 g/mol. The van der Waals surface area contributed by atoms with Crippen LogP contribution in [-0.2, 0) is 6.42 Å². The van der Waals surface area contributed by atoms with Gasteiger partial charge in [0.1, 0.15) is 0 Å². The molecule has 64 valence electrons. The van der Waals surface area contributed by atoms with Gasteiger partial charge in [-0.1, -0.05) is 17.7 Å². The summed E-state index contributed by atoms with van der Waals surface area (Å²) in [5, 5.41) is 0. The molecule has 1 unspecified atom stereocenters. The van der Waals surface area contributed by atoms with Crippen molar-refractivity contribution in [2.45, 2.75) is 26.3 Å². The van der Waals surface area contributed by atoms with Crippen LogP contribution in [0.2, 0.25) is 0 Å². The van der Waals surface area contributed by atoms with Crippen LogP contribution in [0.15, 0.2) is 18.2 Å². The average Bonchev–Trinajstić information content (AvgIpc) is 2.28. The van der Waals surface area contributed by atoms with E-state index in [0.717, 1.165) is 0 Å². The fraction of sp³-hybridized carbons (Fsp3) is 0.455. The van der Waals surface area contributed by atoms with Gasteiger partial charge in [-0.3, -0.25) is 0 Å². The number of nitrogens with zero attached hydrogens (tertiary/aromatic N) is 1. The third-order valence-corrected chi connectivity index (χ3v) is 2.79. The van der Waals surface area contributed by atoms with E-state index in [9.17, 15) is 0 Å². The number of fused-ring (bicyclic) bond motifs is 1. The summed E-state index contributed by atoms with van der Waals surface area (Å²) in [6, 6.07) is 7.39. The maximum atomic E-state index is 2.36. The van der Waals surface area contributed by atoms with Crippen molar-refractivity contribution in [3.8, 4) is 0 Å². The molecule has 0 amide bonds. The van der Waals surface area contributed by atoms with E-state index in [2.05, 4.69) is 44.0 Å². The summed E-state index contributed by atoms with van der Waals surface area (Å²) in [5.41, 5.74) is 4.29. The Labute approximate surface area is 74.0 Å². The summed E-state index contributed by atoms with van der Waals surface area (Å²) >= 11 is 0. The first-order valence-corrected chi connectivity index (χ1v) is 4.51. The first-order chi connectivity index (χ1) is 5.68. The second kappa shape index (κ2) is 2.51. The second-order valence-corrected chi connectivity index (χ2v) is 3.80. The van der Waals surface area contributed by atoms with Crippen molar-refractivity contribution in [3.05, 3.63) is 29.3 Å². The minimum absolute atomic E-state index is 0.668. The van der Waals surface area contributed by atoms with Gasteiger partial charge in [0.2, 0.25) is 0 Å². The van der Waals surface area contributed by atoms with Gasteiger partial charge in [-0.2, -0.15) is 0 Å². The lowest BCUT2D eigenvalue weighted by Gasteiger charge is -2.18. The van der Waals surface area contributed by atoms with Crippen molar-refractivity contribution < 1.29 is 0 Å². The van der Waals surface area contributed by atoms with E-state index < -0.39 is 0 Å². The fourth-order valence-corrected chi connectivity index (χ4v) is 1.91. The highest BCUT2D eigenvalue weighted by atomic mass is 15.1. The molecule has 0 saturated carbocycles. The molecule has 0 aromatic heterocycles. The molecule has 1 atom stereocenters. The van der Waals surface area contributed by atoms with E-state index >= 15 is 0 Å². The Morgan fingerprint density at radius 1 is 1.42 bits per heavy atom. The molecule has 1 aromatic rings. The molecule has 0 aliphatic carbocycles. The van der Waals surface area contributed by atoms with Crippen molar-refractivity contribution in [3.63, 3.8) is 0 Å². The highest BCUT2D eigenvalue weighted by molar-refractivity contribution is 5.59. The Morgan fingerprint density at radius 3 is 2.92 bits per heavy atom. The standard InChI is InChI=1S/C11H15N/c1-8-4-5-11-10(6-8)7-9(2)12(11)3/h4-6,9H,7H2,1-3H3. The van der Waals surface area contributed by atoms with Crippen LogP contribution < -0.4 is 4.90 Å². The van der Waals surface area contributed by atoms with E-state index in [1.165, 1.54) is 23.2 Å². The van der Waals surface area contributed by atoms with Crippen LogP contribution in [0.25, 0.3) is 0 Å². The molecule has 0 radical (unpaired) electrons. The van der Waals surface area contributed by atoms with Gasteiger partial charge in [0.15, 0.2) is 0 Å². The number of hydrogen-bond donors (Lipinski definition) is 0. The zero-order chi connectivity index (χ0) is 8.72. The molecule has 1 heteroatoms. The Balaban J connectivity index is 2.47. The minimum Gasteiger partial charge on any atom is -0.371 e.